The molecular weight excluding hydrogens is 292 g/mol. The molecule has 3 rings (SSSR count). The van der Waals surface area contributed by atoms with E-state index in [4.69, 9.17) is 0 Å². The Hall–Kier alpha value is -2.14. The van der Waals surface area contributed by atoms with E-state index >= 15 is 0 Å². The van der Waals surface area contributed by atoms with Gasteiger partial charge in [-0.05, 0) is 30.3 Å². The number of nitrogens with one attached hydrogen (secondary N) is 1. The lowest BCUT2D eigenvalue weighted by molar-refractivity contribution is 0.102. The fourth-order valence-corrected chi connectivity index (χ4v) is 2.87. The number of aromatic nitrogens is 1. The maximum Gasteiger partial charge on any atom is 0.173 e. The van der Waals surface area contributed by atoms with Crippen LogP contribution < -0.4 is 0 Å². The number of Topliss-reactive ketones (excluding diaryl/α,β-unsaturated/α-hetero) is 1. The zero-order chi connectivity index (χ0) is 14.8. The molecule has 1 aromatic heterocycles. The first-order valence-corrected chi connectivity index (χ1v) is 7.31. The Labute approximate surface area is 124 Å². The van der Waals surface area contributed by atoms with Gasteiger partial charge in [-0.15, -0.1) is 11.8 Å². The maximum absolute atomic E-state index is 13.1. The second-order valence-electron chi connectivity index (χ2n) is 4.56. The van der Waals surface area contributed by atoms with Gasteiger partial charge in [-0.25, -0.2) is 8.78 Å². The summed E-state index contributed by atoms with van der Waals surface area (Å²) < 4.78 is 25.9. The van der Waals surface area contributed by atoms with Crippen molar-refractivity contribution in [1.29, 1.82) is 0 Å². The van der Waals surface area contributed by atoms with Crippen molar-refractivity contribution >= 4 is 28.4 Å². The quantitative estimate of drug-likeness (QED) is 0.571. The molecule has 0 amide bonds. The molecule has 0 unspecified atom stereocenters. The van der Waals surface area contributed by atoms with Crippen LogP contribution in [0.1, 0.15) is 10.4 Å². The second kappa shape index (κ2) is 5.69. The van der Waals surface area contributed by atoms with Crippen LogP contribution in [0.2, 0.25) is 0 Å². The minimum Gasteiger partial charge on any atom is -0.350 e. The number of H-pyrrole nitrogens is 1. The summed E-state index contributed by atoms with van der Waals surface area (Å²) in [6.07, 6.45) is 0. The summed E-state index contributed by atoms with van der Waals surface area (Å²) in [6, 6.07) is 13.0. The predicted molar refractivity (Wildman–Crippen MR) is 79.7 cm³/mol. The largest absolute Gasteiger partial charge is 0.350 e. The fourth-order valence-electron chi connectivity index (χ4n) is 2.02. The third-order valence-electron chi connectivity index (χ3n) is 3.11. The normalized spacial score (nSPS) is 11.0. The molecule has 1 N–H and O–H groups in total. The molecule has 5 heteroatoms. The van der Waals surface area contributed by atoms with Gasteiger partial charge in [0.15, 0.2) is 17.4 Å². The molecule has 0 atom stereocenters. The lowest BCUT2D eigenvalue weighted by Gasteiger charge is -2.01. The Balaban J connectivity index is 1.71. The van der Waals surface area contributed by atoms with Crippen LogP contribution >= 0.6 is 11.8 Å². The second-order valence-corrected chi connectivity index (χ2v) is 5.58. The zero-order valence-electron chi connectivity index (χ0n) is 10.9. The fraction of sp³-hybridized carbons (Fsp3) is 0.0625. The Morgan fingerprint density at radius 3 is 2.62 bits per heavy atom. The first-order chi connectivity index (χ1) is 10.1. The molecule has 2 aromatic carbocycles. The molecule has 3 aromatic rings. The summed E-state index contributed by atoms with van der Waals surface area (Å²) >= 11 is 1.34. The van der Waals surface area contributed by atoms with E-state index in [0.29, 0.717) is 0 Å². The third-order valence-corrected chi connectivity index (χ3v) is 4.04. The SMILES string of the molecule is O=C(CSc1cc2ccccc2[nH]1)c1ccc(F)c(F)c1. The highest BCUT2D eigenvalue weighted by atomic mass is 32.2. The third kappa shape index (κ3) is 2.97. The molecule has 0 saturated carbocycles. The molecule has 0 saturated heterocycles. The number of hydrogen-bond acceptors (Lipinski definition) is 2. The molecular formula is C16H11F2NOS. The first kappa shape index (κ1) is 13.8. The van der Waals surface area contributed by atoms with Gasteiger partial charge in [0.1, 0.15) is 0 Å². The van der Waals surface area contributed by atoms with E-state index in [0.717, 1.165) is 28.1 Å². The average Bonchev–Trinajstić information content (AvgIpc) is 2.90. The minimum absolute atomic E-state index is 0.165. The Bertz CT molecular complexity index is 780. The van der Waals surface area contributed by atoms with Crippen LogP contribution in [-0.2, 0) is 0 Å². The van der Waals surface area contributed by atoms with Crippen LogP contribution in [-0.4, -0.2) is 16.5 Å². The van der Waals surface area contributed by atoms with Gasteiger partial charge in [0.25, 0.3) is 0 Å². The van der Waals surface area contributed by atoms with Gasteiger partial charge in [0.05, 0.1) is 10.8 Å². The minimum atomic E-state index is -1.00. The zero-order valence-corrected chi connectivity index (χ0v) is 11.7. The van der Waals surface area contributed by atoms with E-state index in [-0.39, 0.29) is 17.1 Å². The lowest BCUT2D eigenvalue weighted by atomic mass is 10.1. The van der Waals surface area contributed by atoms with E-state index in [9.17, 15) is 13.6 Å². The average molecular weight is 303 g/mol. The summed E-state index contributed by atoms with van der Waals surface area (Å²) in [6.45, 7) is 0. The molecule has 0 aliphatic carbocycles. The van der Waals surface area contributed by atoms with E-state index in [1.54, 1.807) is 0 Å². The predicted octanol–water partition coefficient (Wildman–Crippen LogP) is 4.42. The van der Waals surface area contributed by atoms with Gasteiger partial charge in [-0.1, -0.05) is 18.2 Å². The summed E-state index contributed by atoms with van der Waals surface area (Å²) in [7, 11) is 0. The highest BCUT2D eigenvalue weighted by molar-refractivity contribution is 7.99. The molecule has 0 radical (unpaired) electrons. The molecule has 0 aliphatic rings. The van der Waals surface area contributed by atoms with E-state index in [1.165, 1.54) is 17.8 Å². The number of hydrogen-bond donors (Lipinski definition) is 1. The molecule has 2 nitrogen and oxygen atoms in total. The van der Waals surface area contributed by atoms with Crippen molar-refractivity contribution in [1.82, 2.24) is 4.98 Å². The van der Waals surface area contributed by atoms with Crippen LogP contribution in [0.5, 0.6) is 0 Å². The summed E-state index contributed by atoms with van der Waals surface area (Å²) in [5, 5.41) is 1.94. The number of aromatic amines is 1. The molecule has 21 heavy (non-hydrogen) atoms. The Morgan fingerprint density at radius 2 is 1.86 bits per heavy atom. The van der Waals surface area contributed by atoms with Crippen LogP contribution in [0.15, 0.2) is 53.6 Å². The topological polar surface area (TPSA) is 32.9 Å². The van der Waals surface area contributed by atoms with Crippen molar-refractivity contribution in [2.24, 2.45) is 0 Å². The van der Waals surface area contributed by atoms with Gasteiger partial charge >= 0.3 is 0 Å². The maximum atomic E-state index is 13.1. The molecule has 0 spiro atoms. The number of carbonyl (C=O) groups is 1. The van der Waals surface area contributed by atoms with Gasteiger partial charge in [-0.3, -0.25) is 4.79 Å². The monoisotopic (exact) mass is 303 g/mol. The number of ketones is 1. The van der Waals surface area contributed by atoms with Gasteiger partial charge < -0.3 is 4.98 Å². The van der Waals surface area contributed by atoms with Crippen molar-refractivity contribution in [2.45, 2.75) is 5.03 Å². The van der Waals surface area contributed by atoms with Crippen molar-refractivity contribution in [2.75, 3.05) is 5.75 Å². The number of para-hydroxylation sites is 1. The number of halogens is 2. The number of carbonyl (C=O) groups excluding carboxylic acids is 1. The van der Waals surface area contributed by atoms with Crippen molar-refractivity contribution in [3.8, 4) is 0 Å². The van der Waals surface area contributed by atoms with Crippen LogP contribution in [0.3, 0.4) is 0 Å². The van der Waals surface area contributed by atoms with Crippen LogP contribution in [0.25, 0.3) is 10.9 Å². The van der Waals surface area contributed by atoms with E-state index in [2.05, 4.69) is 4.98 Å². The Morgan fingerprint density at radius 1 is 1.05 bits per heavy atom. The molecule has 0 fully saturated rings. The van der Waals surface area contributed by atoms with Crippen LogP contribution in [0, 0.1) is 11.6 Å². The van der Waals surface area contributed by atoms with Crippen molar-refractivity contribution in [3.63, 3.8) is 0 Å². The van der Waals surface area contributed by atoms with Crippen molar-refractivity contribution in [3.05, 3.63) is 65.7 Å². The standard InChI is InChI=1S/C16H11F2NOS/c17-12-6-5-11(7-13(12)18)15(20)9-21-16-8-10-3-1-2-4-14(10)19-16/h1-8,19H,9H2. The molecule has 106 valence electrons. The number of fused-ring (bicyclic) bond motifs is 1. The summed E-state index contributed by atoms with van der Waals surface area (Å²) in [5.41, 5.74) is 1.18. The van der Waals surface area contributed by atoms with E-state index < -0.39 is 11.6 Å². The van der Waals surface area contributed by atoms with E-state index in [1.807, 2.05) is 30.3 Å². The number of benzene rings is 2. The molecule has 0 aliphatic heterocycles. The van der Waals surface area contributed by atoms with Gasteiger partial charge in [-0.2, -0.15) is 0 Å². The smallest absolute Gasteiger partial charge is 0.173 e. The number of thioether (sulfide) groups is 1. The molecule has 0 bridgehead atoms. The van der Waals surface area contributed by atoms with Crippen LogP contribution in [0.4, 0.5) is 8.78 Å². The molecule has 1 heterocycles. The highest BCUT2D eigenvalue weighted by Gasteiger charge is 2.11. The first-order valence-electron chi connectivity index (χ1n) is 6.32. The lowest BCUT2D eigenvalue weighted by Crippen LogP contribution is -2.03. The summed E-state index contributed by atoms with van der Waals surface area (Å²) in [4.78, 5) is 15.2. The summed E-state index contributed by atoms with van der Waals surface area (Å²) in [5.74, 6) is -2.03. The van der Waals surface area contributed by atoms with Crippen molar-refractivity contribution < 1.29 is 13.6 Å². The number of rotatable bonds is 4. The highest BCUT2D eigenvalue weighted by Crippen LogP contribution is 2.24. The Kier molecular flexibility index (Phi) is 3.75. The van der Waals surface area contributed by atoms with Gasteiger partial charge in [0, 0.05) is 16.5 Å². The van der Waals surface area contributed by atoms with Gasteiger partial charge in [0.2, 0.25) is 0 Å².